The van der Waals surface area contributed by atoms with Gasteiger partial charge < -0.3 is 5.32 Å². The fourth-order valence-electron chi connectivity index (χ4n) is 1.87. The molecule has 19 heavy (non-hydrogen) atoms. The van der Waals surface area contributed by atoms with E-state index in [2.05, 4.69) is 15.4 Å². The molecule has 0 aliphatic heterocycles. The first-order chi connectivity index (χ1) is 9.15. The van der Waals surface area contributed by atoms with Crippen molar-refractivity contribution in [1.82, 2.24) is 20.1 Å². The summed E-state index contributed by atoms with van der Waals surface area (Å²) in [5, 5.41) is 7.12. The van der Waals surface area contributed by atoms with Crippen LogP contribution >= 0.6 is 0 Å². The minimum atomic E-state index is 0.0245. The average molecular weight is 258 g/mol. The van der Waals surface area contributed by atoms with E-state index in [4.69, 9.17) is 0 Å². The smallest absolute Gasteiger partial charge is 0.222 e. The Morgan fingerprint density at radius 2 is 2.00 bits per heavy atom. The second-order valence-corrected chi connectivity index (χ2v) is 4.44. The second kappa shape index (κ2) is 6.13. The number of carbonyl (C=O) groups is 1. The first-order valence-electron chi connectivity index (χ1n) is 6.34. The van der Waals surface area contributed by atoms with Gasteiger partial charge >= 0.3 is 0 Å². The van der Waals surface area contributed by atoms with Crippen LogP contribution in [0.2, 0.25) is 0 Å². The quantitative estimate of drug-likeness (QED) is 0.886. The van der Waals surface area contributed by atoms with Crippen LogP contribution in [0.3, 0.4) is 0 Å². The monoisotopic (exact) mass is 258 g/mol. The zero-order chi connectivity index (χ0) is 13.7. The molecule has 1 aromatic carbocycles. The number of rotatable bonds is 5. The summed E-state index contributed by atoms with van der Waals surface area (Å²) in [7, 11) is 0. The normalized spacial score (nSPS) is 10.4. The van der Waals surface area contributed by atoms with Gasteiger partial charge in [0.05, 0.1) is 6.54 Å². The number of nitrogens with one attached hydrogen (secondary N) is 1. The van der Waals surface area contributed by atoms with Crippen molar-refractivity contribution >= 4 is 5.91 Å². The lowest BCUT2D eigenvalue weighted by molar-refractivity contribution is -0.121. The molecule has 0 saturated heterocycles. The summed E-state index contributed by atoms with van der Waals surface area (Å²) in [6, 6.07) is 9.86. The van der Waals surface area contributed by atoms with Crippen LogP contribution in [0.4, 0.5) is 0 Å². The summed E-state index contributed by atoms with van der Waals surface area (Å²) in [4.78, 5) is 15.9. The predicted molar refractivity (Wildman–Crippen MR) is 72.4 cm³/mol. The predicted octanol–water partition coefficient (Wildman–Crippen LogP) is 1.60. The number of nitrogens with zero attached hydrogens (tertiary/aromatic N) is 3. The number of hydrogen-bond acceptors (Lipinski definition) is 3. The molecular formula is C14H18N4O. The summed E-state index contributed by atoms with van der Waals surface area (Å²) < 4.78 is 1.76. The van der Waals surface area contributed by atoms with Crippen molar-refractivity contribution in [3.63, 3.8) is 0 Å². The third-order valence-corrected chi connectivity index (χ3v) is 2.85. The third kappa shape index (κ3) is 3.91. The standard InChI is InChI=1S/C14H18N4O/c1-11-16-12(2)18(17-11)9-8-14(19)15-10-13-6-4-3-5-7-13/h3-7H,8-10H2,1-2H3,(H,15,19). The Labute approximate surface area is 112 Å². The molecule has 2 rings (SSSR count). The molecule has 1 N–H and O–H groups in total. The minimum Gasteiger partial charge on any atom is -0.352 e. The molecule has 0 fully saturated rings. The number of amides is 1. The lowest BCUT2D eigenvalue weighted by Crippen LogP contribution is -2.24. The number of aromatic nitrogens is 3. The SMILES string of the molecule is Cc1nc(C)n(CCC(=O)NCc2ccccc2)n1. The van der Waals surface area contributed by atoms with Crippen LogP contribution in [-0.2, 0) is 17.9 Å². The Bertz CT molecular complexity index is 548. The lowest BCUT2D eigenvalue weighted by atomic mass is 10.2. The molecule has 0 unspecified atom stereocenters. The highest BCUT2D eigenvalue weighted by Crippen LogP contribution is 1.99. The Kier molecular flexibility index (Phi) is 4.28. The molecule has 5 heteroatoms. The van der Waals surface area contributed by atoms with E-state index in [1.165, 1.54) is 0 Å². The van der Waals surface area contributed by atoms with Gasteiger partial charge in [0, 0.05) is 13.0 Å². The van der Waals surface area contributed by atoms with Crippen LogP contribution < -0.4 is 5.32 Å². The van der Waals surface area contributed by atoms with E-state index < -0.39 is 0 Å². The molecule has 0 radical (unpaired) electrons. The maximum Gasteiger partial charge on any atom is 0.222 e. The zero-order valence-corrected chi connectivity index (χ0v) is 11.3. The topological polar surface area (TPSA) is 59.8 Å². The first kappa shape index (κ1) is 13.3. The molecule has 0 aliphatic carbocycles. The van der Waals surface area contributed by atoms with Crippen molar-refractivity contribution in [2.24, 2.45) is 0 Å². The molecule has 1 heterocycles. The van der Waals surface area contributed by atoms with Gasteiger partial charge in [-0.2, -0.15) is 5.10 Å². The summed E-state index contributed by atoms with van der Waals surface area (Å²) in [6.45, 7) is 4.86. The van der Waals surface area contributed by atoms with E-state index in [-0.39, 0.29) is 5.91 Å². The molecular weight excluding hydrogens is 240 g/mol. The van der Waals surface area contributed by atoms with Gasteiger partial charge in [-0.15, -0.1) is 0 Å². The Morgan fingerprint density at radius 3 is 2.63 bits per heavy atom. The van der Waals surface area contributed by atoms with Crippen molar-refractivity contribution < 1.29 is 4.79 Å². The van der Waals surface area contributed by atoms with Crippen LogP contribution in [0.25, 0.3) is 0 Å². The van der Waals surface area contributed by atoms with Crippen LogP contribution in [0.1, 0.15) is 23.6 Å². The second-order valence-electron chi connectivity index (χ2n) is 4.44. The number of hydrogen-bond donors (Lipinski definition) is 1. The van der Waals surface area contributed by atoms with Gasteiger partial charge in [-0.1, -0.05) is 30.3 Å². The Morgan fingerprint density at radius 1 is 1.26 bits per heavy atom. The highest BCUT2D eigenvalue weighted by molar-refractivity contribution is 5.75. The molecule has 0 aliphatic rings. The summed E-state index contributed by atoms with van der Waals surface area (Å²) in [6.07, 6.45) is 0.413. The average Bonchev–Trinajstić information content (AvgIpc) is 2.73. The van der Waals surface area contributed by atoms with Crippen molar-refractivity contribution in [2.75, 3.05) is 0 Å². The highest BCUT2D eigenvalue weighted by atomic mass is 16.1. The van der Waals surface area contributed by atoms with Crippen LogP contribution in [-0.4, -0.2) is 20.7 Å². The molecule has 1 aromatic heterocycles. The van der Waals surface area contributed by atoms with E-state index in [9.17, 15) is 4.79 Å². The number of carbonyl (C=O) groups excluding carboxylic acids is 1. The van der Waals surface area contributed by atoms with Gasteiger partial charge in [-0.05, 0) is 19.4 Å². The van der Waals surface area contributed by atoms with Gasteiger partial charge in [0.25, 0.3) is 0 Å². The summed E-state index contributed by atoms with van der Waals surface area (Å²) in [5.41, 5.74) is 1.10. The van der Waals surface area contributed by atoms with Gasteiger partial charge in [0.15, 0.2) is 0 Å². The Hall–Kier alpha value is -2.17. The van der Waals surface area contributed by atoms with E-state index in [1.54, 1.807) is 4.68 Å². The van der Waals surface area contributed by atoms with Gasteiger partial charge in [0.2, 0.25) is 5.91 Å². The summed E-state index contributed by atoms with van der Waals surface area (Å²) >= 11 is 0. The van der Waals surface area contributed by atoms with Crippen LogP contribution in [0, 0.1) is 13.8 Å². The molecule has 0 atom stereocenters. The zero-order valence-electron chi connectivity index (χ0n) is 11.3. The largest absolute Gasteiger partial charge is 0.352 e. The van der Waals surface area contributed by atoms with Crippen LogP contribution in [0.15, 0.2) is 30.3 Å². The third-order valence-electron chi connectivity index (χ3n) is 2.85. The van der Waals surface area contributed by atoms with Gasteiger partial charge in [-0.25, -0.2) is 9.67 Å². The maximum absolute atomic E-state index is 11.7. The molecule has 2 aromatic rings. The lowest BCUT2D eigenvalue weighted by Gasteiger charge is -2.06. The molecule has 0 bridgehead atoms. The van der Waals surface area contributed by atoms with Gasteiger partial charge in [0.1, 0.15) is 11.6 Å². The Balaban J connectivity index is 1.77. The van der Waals surface area contributed by atoms with Crippen molar-refractivity contribution in [2.45, 2.75) is 33.4 Å². The molecule has 0 spiro atoms. The first-order valence-corrected chi connectivity index (χ1v) is 6.34. The van der Waals surface area contributed by atoms with Crippen molar-refractivity contribution in [3.8, 4) is 0 Å². The maximum atomic E-state index is 11.7. The molecule has 0 saturated carbocycles. The van der Waals surface area contributed by atoms with E-state index in [1.807, 2.05) is 44.2 Å². The van der Waals surface area contributed by atoms with Crippen molar-refractivity contribution in [3.05, 3.63) is 47.5 Å². The molecule has 1 amide bonds. The number of benzene rings is 1. The van der Waals surface area contributed by atoms with Crippen LogP contribution in [0.5, 0.6) is 0 Å². The fourth-order valence-corrected chi connectivity index (χ4v) is 1.87. The van der Waals surface area contributed by atoms with Gasteiger partial charge in [-0.3, -0.25) is 4.79 Å². The summed E-state index contributed by atoms with van der Waals surface area (Å²) in [5.74, 6) is 1.60. The molecule has 100 valence electrons. The molecule has 5 nitrogen and oxygen atoms in total. The minimum absolute atomic E-state index is 0.0245. The van der Waals surface area contributed by atoms with E-state index in [0.29, 0.717) is 19.5 Å². The fraction of sp³-hybridized carbons (Fsp3) is 0.357. The van der Waals surface area contributed by atoms with Crippen molar-refractivity contribution in [1.29, 1.82) is 0 Å². The van der Waals surface area contributed by atoms with E-state index in [0.717, 1.165) is 17.2 Å². The number of aryl methyl sites for hydroxylation is 3. The highest BCUT2D eigenvalue weighted by Gasteiger charge is 2.06. The van der Waals surface area contributed by atoms with E-state index >= 15 is 0 Å².